The van der Waals surface area contributed by atoms with Gasteiger partial charge in [-0.25, -0.2) is 16.8 Å². The fourth-order valence-electron chi connectivity index (χ4n) is 2.08. The van der Waals surface area contributed by atoms with Gasteiger partial charge in [-0.2, -0.15) is 0 Å². The molecule has 0 heterocycles. The summed E-state index contributed by atoms with van der Waals surface area (Å²) in [5.74, 6) is -2.39. The summed E-state index contributed by atoms with van der Waals surface area (Å²) in [6.07, 6.45) is 0.329. The highest BCUT2D eigenvalue weighted by atomic mass is 79.9. The molecular formula is C13H11BrF5NO6S3. The lowest BCUT2D eigenvalue weighted by atomic mass is 10.3. The number of phenolic OH excluding ortho intramolecular Hbond substituents is 2. The van der Waals surface area contributed by atoms with Gasteiger partial charge in [-0.3, -0.25) is 4.72 Å². The van der Waals surface area contributed by atoms with E-state index in [-0.39, 0.29) is 4.47 Å². The van der Waals surface area contributed by atoms with Gasteiger partial charge >= 0.3 is 10.2 Å². The third-order valence-corrected chi connectivity index (χ3v) is 7.49. The standard InChI is InChI=1S/C13H11BrF5NO6S3/c1-27(23,24)12-6-8(29(15,16,17,18)19)5-9(13(12)22)20-28(25,26)11-3-2-7(14)4-10(11)21/h2-6,20-22H,1H3. The predicted octanol–water partition coefficient (Wildman–Crippen LogP) is 4.72. The number of aromatic hydroxyl groups is 2. The molecule has 7 nitrogen and oxygen atoms in total. The van der Waals surface area contributed by atoms with Crippen molar-refractivity contribution in [1.29, 1.82) is 0 Å². The van der Waals surface area contributed by atoms with Gasteiger partial charge in [0.2, 0.25) is 0 Å². The summed E-state index contributed by atoms with van der Waals surface area (Å²) in [4.78, 5) is -5.18. The molecule has 164 valence electrons. The quantitative estimate of drug-likeness (QED) is 0.368. The first-order valence-electron chi connectivity index (χ1n) is 6.94. The summed E-state index contributed by atoms with van der Waals surface area (Å²) < 4.78 is 116. The van der Waals surface area contributed by atoms with Crippen LogP contribution < -0.4 is 4.72 Å². The zero-order valence-electron chi connectivity index (χ0n) is 13.9. The lowest BCUT2D eigenvalue weighted by molar-refractivity contribution is 0.363. The number of anilines is 1. The molecule has 2 aromatic carbocycles. The molecule has 0 atom stereocenters. The van der Waals surface area contributed by atoms with Gasteiger partial charge in [-0.15, -0.1) is 0 Å². The smallest absolute Gasteiger partial charge is 0.310 e. The third kappa shape index (κ3) is 5.23. The minimum absolute atomic E-state index is 0.235. The van der Waals surface area contributed by atoms with Crippen LogP contribution in [0.1, 0.15) is 0 Å². The summed E-state index contributed by atoms with van der Waals surface area (Å²) >= 11 is 2.93. The Morgan fingerprint density at radius 1 is 0.931 bits per heavy atom. The van der Waals surface area contributed by atoms with Crippen LogP contribution in [0.5, 0.6) is 11.5 Å². The lowest BCUT2D eigenvalue weighted by Crippen LogP contribution is -2.15. The average molecular weight is 548 g/mol. The number of hydrogen-bond donors (Lipinski definition) is 3. The molecule has 2 rings (SSSR count). The molecule has 0 amide bonds. The van der Waals surface area contributed by atoms with Crippen molar-refractivity contribution < 1.29 is 46.5 Å². The minimum Gasteiger partial charge on any atom is -0.506 e. The number of phenols is 2. The van der Waals surface area contributed by atoms with E-state index in [0.717, 1.165) is 18.2 Å². The fraction of sp³-hybridized carbons (Fsp3) is 0.0769. The Morgan fingerprint density at radius 3 is 1.93 bits per heavy atom. The molecule has 0 fully saturated rings. The molecule has 0 aliphatic carbocycles. The second-order valence-corrected chi connectivity index (χ2v) is 12.7. The number of benzene rings is 2. The van der Waals surface area contributed by atoms with E-state index in [1.165, 1.54) is 4.72 Å². The molecule has 29 heavy (non-hydrogen) atoms. The van der Waals surface area contributed by atoms with Crippen LogP contribution in [-0.4, -0.2) is 33.3 Å². The summed E-state index contributed by atoms with van der Waals surface area (Å²) in [6, 6.07) is 1.97. The molecule has 2 aromatic rings. The molecule has 0 aromatic heterocycles. The van der Waals surface area contributed by atoms with Crippen LogP contribution in [0.15, 0.2) is 49.5 Å². The van der Waals surface area contributed by atoms with Crippen LogP contribution in [0.2, 0.25) is 0 Å². The van der Waals surface area contributed by atoms with Crippen LogP contribution in [-0.2, 0) is 19.9 Å². The van der Waals surface area contributed by atoms with Crippen molar-refractivity contribution >= 4 is 51.7 Å². The Balaban J connectivity index is 2.79. The minimum atomic E-state index is -10.5. The lowest BCUT2D eigenvalue weighted by Gasteiger charge is -2.40. The van der Waals surface area contributed by atoms with Gasteiger partial charge in [-0.1, -0.05) is 35.4 Å². The fourth-order valence-corrected chi connectivity index (χ4v) is 5.13. The van der Waals surface area contributed by atoms with E-state index in [1.54, 1.807) is 0 Å². The Labute approximate surface area is 170 Å². The van der Waals surface area contributed by atoms with E-state index in [0.29, 0.717) is 6.26 Å². The first-order chi connectivity index (χ1) is 12.6. The molecule has 0 aliphatic heterocycles. The average Bonchev–Trinajstić information content (AvgIpc) is 2.44. The van der Waals surface area contributed by atoms with Gasteiger partial charge in [0, 0.05) is 10.7 Å². The maximum Gasteiger partial charge on any atom is 0.310 e. The van der Waals surface area contributed by atoms with Crippen LogP contribution >= 0.6 is 26.2 Å². The first-order valence-corrected chi connectivity index (χ1v) is 13.1. The first kappa shape index (κ1) is 23.5. The number of sulfonamides is 1. The Bertz CT molecular complexity index is 1230. The van der Waals surface area contributed by atoms with Gasteiger partial charge in [0.1, 0.15) is 20.4 Å². The van der Waals surface area contributed by atoms with E-state index >= 15 is 0 Å². The van der Waals surface area contributed by atoms with Crippen LogP contribution in [0.3, 0.4) is 0 Å². The summed E-state index contributed by atoms with van der Waals surface area (Å²) in [7, 11) is -20.1. The molecular weight excluding hydrogens is 537 g/mol. The van der Waals surface area contributed by atoms with Crippen molar-refractivity contribution in [3.05, 3.63) is 34.8 Å². The van der Waals surface area contributed by atoms with Crippen molar-refractivity contribution in [3.63, 3.8) is 0 Å². The molecule has 3 N–H and O–H groups in total. The third-order valence-electron chi connectivity index (χ3n) is 3.35. The topological polar surface area (TPSA) is 121 Å². The maximum absolute atomic E-state index is 13.2. The molecule has 0 radical (unpaired) electrons. The van der Waals surface area contributed by atoms with Gasteiger partial charge in [0.25, 0.3) is 10.0 Å². The highest BCUT2D eigenvalue weighted by Crippen LogP contribution is 3.02. The van der Waals surface area contributed by atoms with Gasteiger partial charge in [0.05, 0.1) is 5.69 Å². The van der Waals surface area contributed by atoms with Gasteiger partial charge < -0.3 is 10.2 Å². The van der Waals surface area contributed by atoms with E-state index in [9.17, 15) is 46.5 Å². The Morgan fingerprint density at radius 2 is 1.48 bits per heavy atom. The number of rotatable bonds is 5. The van der Waals surface area contributed by atoms with Crippen molar-refractivity contribution in [2.45, 2.75) is 14.7 Å². The zero-order valence-corrected chi connectivity index (χ0v) is 17.9. The Hall–Kier alpha value is -1.78. The predicted molar refractivity (Wildman–Crippen MR) is 99.2 cm³/mol. The van der Waals surface area contributed by atoms with Crippen LogP contribution in [0.25, 0.3) is 0 Å². The highest BCUT2D eigenvalue weighted by Gasteiger charge is 2.66. The molecule has 16 heteroatoms. The van der Waals surface area contributed by atoms with E-state index in [1.807, 2.05) is 0 Å². The maximum atomic E-state index is 13.2. The van der Waals surface area contributed by atoms with Crippen molar-refractivity contribution in [1.82, 2.24) is 0 Å². The molecule has 0 saturated heterocycles. The second-order valence-electron chi connectivity index (χ2n) is 5.78. The number of nitrogens with one attached hydrogen (secondary N) is 1. The molecule has 0 aliphatic rings. The van der Waals surface area contributed by atoms with Gasteiger partial charge in [0.15, 0.2) is 15.6 Å². The summed E-state index contributed by atoms with van der Waals surface area (Å²) in [5, 5.41) is 19.7. The molecule has 0 bridgehead atoms. The van der Waals surface area contributed by atoms with E-state index < -0.39 is 74.1 Å². The van der Waals surface area contributed by atoms with Crippen molar-refractivity contribution in [3.8, 4) is 11.5 Å². The summed E-state index contributed by atoms with van der Waals surface area (Å²) in [5.41, 5.74) is -1.47. The Kier molecular flexibility index (Phi) is 4.96. The monoisotopic (exact) mass is 547 g/mol. The number of hydrogen-bond acceptors (Lipinski definition) is 6. The van der Waals surface area contributed by atoms with Crippen LogP contribution in [0, 0.1) is 0 Å². The molecule has 0 unspecified atom stereocenters. The molecule has 0 spiro atoms. The molecule has 0 saturated carbocycles. The van der Waals surface area contributed by atoms with Gasteiger partial charge in [-0.05, 0) is 30.3 Å². The van der Waals surface area contributed by atoms with Crippen molar-refractivity contribution in [2.75, 3.05) is 11.0 Å². The number of sulfone groups is 1. The van der Waals surface area contributed by atoms with E-state index in [4.69, 9.17) is 0 Å². The summed E-state index contributed by atoms with van der Waals surface area (Å²) in [6.45, 7) is 0. The second kappa shape index (κ2) is 6.12. The van der Waals surface area contributed by atoms with Crippen LogP contribution in [0.4, 0.5) is 25.1 Å². The van der Waals surface area contributed by atoms with Crippen molar-refractivity contribution in [2.24, 2.45) is 0 Å². The zero-order chi connectivity index (χ0) is 22.7. The van der Waals surface area contributed by atoms with E-state index in [2.05, 4.69) is 15.9 Å². The largest absolute Gasteiger partial charge is 0.506 e. The highest BCUT2D eigenvalue weighted by molar-refractivity contribution is 9.10. The SMILES string of the molecule is CS(=O)(=O)c1cc(S(F)(F)(F)(F)F)cc(NS(=O)(=O)c2ccc(Br)cc2O)c1O. The normalized spacial score (nSPS) is 15.4. The number of halogens is 6.